The van der Waals surface area contributed by atoms with E-state index < -0.39 is 0 Å². The lowest BCUT2D eigenvalue weighted by Gasteiger charge is -1.98. The zero-order chi connectivity index (χ0) is 13.4. The SMILES string of the molecule is COc1ccc(C=CC(C#N)=C(C#N)C#N)cc1. The lowest BCUT2D eigenvalue weighted by molar-refractivity contribution is 0.415. The van der Waals surface area contributed by atoms with E-state index in [1.165, 1.54) is 6.08 Å². The molecular weight excluding hydrogens is 226 g/mol. The molecule has 1 aromatic carbocycles. The fraction of sp³-hybridized carbons (Fsp3) is 0.0714. The van der Waals surface area contributed by atoms with Gasteiger partial charge in [0.25, 0.3) is 0 Å². The van der Waals surface area contributed by atoms with Crippen molar-refractivity contribution >= 4 is 6.08 Å². The summed E-state index contributed by atoms with van der Waals surface area (Å²) in [4.78, 5) is 0. The van der Waals surface area contributed by atoms with Crippen LogP contribution in [0.4, 0.5) is 0 Å². The number of methoxy groups -OCH3 is 1. The van der Waals surface area contributed by atoms with Crippen molar-refractivity contribution in [3.8, 4) is 24.0 Å². The Balaban J connectivity index is 3.00. The van der Waals surface area contributed by atoms with Crippen molar-refractivity contribution in [2.75, 3.05) is 7.11 Å². The van der Waals surface area contributed by atoms with Gasteiger partial charge in [-0.15, -0.1) is 0 Å². The lowest BCUT2D eigenvalue weighted by atomic mass is 10.1. The van der Waals surface area contributed by atoms with Gasteiger partial charge in [-0.3, -0.25) is 0 Å². The Labute approximate surface area is 105 Å². The number of rotatable bonds is 3. The number of allylic oxidation sites excluding steroid dienone is 3. The molecule has 0 bridgehead atoms. The second kappa shape index (κ2) is 6.53. The summed E-state index contributed by atoms with van der Waals surface area (Å²) in [6.07, 6.45) is 3.11. The second-order valence-electron chi connectivity index (χ2n) is 3.23. The summed E-state index contributed by atoms with van der Waals surface area (Å²) >= 11 is 0. The molecule has 0 aromatic heterocycles. The molecule has 1 aromatic rings. The number of hydrogen-bond donors (Lipinski definition) is 0. The van der Waals surface area contributed by atoms with Crippen molar-refractivity contribution in [3.63, 3.8) is 0 Å². The minimum atomic E-state index is -0.192. The Bertz CT molecular complexity index is 588. The number of ether oxygens (including phenoxy) is 1. The molecule has 0 aliphatic carbocycles. The highest BCUT2D eigenvalue weighted by atomic mass is 16.5. The van der Waals surface area contributed by atoms with Gasteiger partial charge < -0.3 is 4.74 Å². The van der Waals surface area contributed by atoms with Crippen LogP contribution in [0.15, 0.2) is 41.5 Å². The Kier molecular flexibility index (Phi) is 4.73. The molecule has 4 nitrogen and oxygen atoms in total. The molecule has 0 aliphatic rings. The van der Waals surface area contributed by atoms with Gasteiger partial charge in [-0.05, 0) is 23.8 Å². The van der Waals surface area contributed by atoms with E-state index in [9.17, 15) is 0 Å². The maximum absolute atomic E-state index is 8.84. The summed E-state index contributed by atoms with van der Waals surface area (Å²) in [5.41, 5.74) is 0.705. The zero-order valence-electron chi connectivity index (χ0n) is 9.71. The first-order valence-electron chi connectivity index (χ1n) is 5.02. The summed E-state index contributed by atoms with van der Waals surface area (Å²) in [6, 6.07) is 12.4. The van der Waals surface area contributed by atoms with E-state index in [1.807, 2.05) is 18.2 Å². The average Bonchev–Trinajstić information content (AvgIpc) is 2.44. The minimum absolute atomic E-state index is 0.0517. The van der Waals surface area contributed by atoms with E-state index in [2.05, 4.69) is 0 Å². The third-order valence-electron chi connectivity index (χ3n) is 2.17. The van der Waals surface area contributed by atoms with Crippen LogP contribution in [-0.4, -0.2) is 7.11 Å². The highest BCUT2D eigenvalue weighted by Crippen LogP contribution is 2.13. The number of nitriles is 3. The van der Waals surface area contributed by atoms with Crippen molar-refractivity contribution in [1.29, 1.82) is 15.8 Å². The molecule has 0 atom stereocenters. The van der Waals surface area contributed by atoms with Gasteiger partial charge in [0.1, 0.15) is 29.5 Å². The van der Waals surface area contributed by atoms with Crippen LogP contribution in [0, 0.1) is 34.0 Å². The van der Waals surface area contributed by atoms with E-state index >= 15 is 0 Å². The number of benzene rings is 1. The molecule has 0 radical (unpaired) electrons. The smallest absolute Gasteiger partial charge is 0.147 e. The monoisotopic (exact) mass is 235 g/mol. The molecule has 1 rings (SSSR count). The molecular formula is C14H9N3O. The summed E-state index contributed by atoms with van der Waals surface area (Å²) < 4.78 is 5.02. The fourth-order valence-corrected chi connectivity index (χ4v) is 1.22. The molecule has 4 heteroatoms. The predicted octanol–water partition coefficient (Wildman–Crippen LogP) is 2.58. The van der Waals surface area contributed by atoms with Gasteiger partial charge in [0, 0.05) is 0 Å². The summed E-state index contributed by atoms with van der Waals surface area (Å²) in [5.74, 6) is 0.734. The van der Waals surface area contributed by atoms with Gasteiger partial charge in [-0.2, -0.15) is 15.8 Å². The van der Waals surface area contributed by atoms with Crippen molar-refractivity contribution in [2.45, 2.75) is 0 Å². The van der Waals surface area contributed by atoms with Crippen LogP contribution in [0.5, 0.6) is 5.75 Å². The number of hydrogen-bond acceptors (Lipinski definition) is 4. The Morgan fingerprint density at radius 1 is 1.06 bits per heavy atom. The molecule has 0 saturated carbocycles. The topological polar surface area (TPSA) is 80.6 Å². The Morgan fingerprint density at radius 3 is 2.11 bits per heavy atom. The normalized spacial score (nSPS) is 9.00. The van der Waals surface area contributed by atoms with Crippen molar-refractivity contribution in [2.24, 2.45) is 0 Å². The summed E-state index contributed by atoms with van der Waals surface area (Å²) in [5, 5.41) is 26.2. The Morgan fingerprint density at radius 2 is 1.67 bits per heavy atom. The third kappa shape index (κ3) is 3.23. The molecule has 0 fully saturated rings. The maximum Gasteiger partial charge on any atom is 0.147 e. The highest BCUT2D eigenvalue weighted by Gasteiger charge is 2.01. The maximum atomic E-state index is 8.84. The first-order chi connectivity index (χ1) is 8.74. The fourth-order valence-electron chi connectivity index (χ4n) is 1.22. The third-order valence-corrected chi connectivity index (χ3v) is 2.17. The van der Waals surface area contributed by atoms with Gasteiger partial charge in [0.05, 0.1) is 12.7 Å². The van der Waals surface area contributed by atoms with Crippen LogP contribution in [0.2, 0.25) is 0 Å². The van der Waals surface area contributed by atoms with Gasteiger partial charge in [0.2, 0.25) is 0 Å². The van der Waals surface area contributed by atoms with Gasteiger partial charge >= 0.3 is 0 Å². The van der Waals surface area contributed by atoms with Crippen LogP contribution in [-0.2, 0) is 0 Å². The van der Waals surface area contributed by atoms with Crippen LogP contribution in [0.3, 0.4) is 0 Å². The number of nitrogens with zero attached hydrogens (tertiary/aromatic N) is 3. The van der Waals surface area contributed by atoms with Crippen LogP contribution in [0.25, 0.3) is 6.08 Å². The van der Waals surface area contributed by atoms with Crippen LogP contribution in [0.1, 0.15) is 5.56 Å². The molecule has 18 heavy (non-hydrogen) atoms. The molecule has 86 valence electrons. The molecule has 0 amide bonds. The first-order valence-corrected chi connectivity index (χ1v) is 5.02. The lowest BCUT2D eigenvalue weighted by Crippen LogP contribution is -1.83. The molecule has 0 aliphatic heterocycles. The van der Waals surface area contributed by atoms with Crippen LogP contribution < -0.4 is 4.74 Å². The van der Waals surface area contributed by atoms with E-state index in [-0.39, 0.29) is 11.1 Å². The van der Waals surface area contributed by atoms with E-state index in [0.717, 1.165) is 11.3 Å². The van der Waals surface area contributed by atoms with Crippen molar-refractivity contribution in [3.05, 3.63) is 47.1 Å². The van der Waals surface area contributed by atoms with Crippen molar-refractivity contribution in [1.82, 2.24) is 0 Å². The molecule has 0 N–H and O–H groups in total. The largest absolute Gasteiger partial charge is 0.497 e. The minimum Gasteiger partial charge on any atom is -0.497 e. The molecule has 0 unspecified atom stereocenters. The highest BCUT2D eigenvalue weighted by molar-refractivity contribution is 5.60. The second-order valence-corrected chi connectivity index (χ2v) is 3.23. The molecule has 0 saturated heterocycles. The van der Waals surface area contributed by atoms with Crippen LogP contribution >= 0.6 is 0 Å². The predicted molar refractivity (Wildman–Crippen MR) is 65.9 cm³/mol. The Hall–Kier alpha value is -3.03. The quantitative estimate of drug-likeness (QED) is 0.595. The van der Waals surface area contributed by atoms with E-state index in [4.69, 9.17) is 20.5 Å². The first kappa shape index (κ1) is 13.0. The van der Waals surface area contributed by atoms with Gasteiger partial charge in [0.15, 0.2) is 0 Å². The molecule has 0 heterocycles. The summed E-state index contributed by atoms with van der Waals surface area (Å²) in [7, 11) is 1.58. The average molecular weight is 235 g/mol. The van der Waals surface area contributed by atoms with Gasteiger partial charge in [-0.1, -0.05) is 18.2 Å². The van der Waals surface area contributed by atoms with Gasteiger partial charge in [-0.25, -0.2) is 0 Å². The van der Waals surface area contributed by atoms with E-state index in [0.29, 0.717) is 0 Å². The van der Waals surface area contributed by atoms with Crippen molar-refractivity contribution < 1.29 is 4.74 Å². The summed E-state index contributed by atoms with van der Waals surface area (Å²) in [6.45, 7) is 0. The zero-order valence-corrected chi connectivity index (χ0v) is 9.71. The standard InChI is InChI=1S/C14H9N3O/c1-18-14-6-3-11(4-7-14)2-5-12(8-15)13(9-16)10-17/h2-7H,1H3. The molecule has 0 spiro atoms. The van der Waals surface area contributed by atoms with E-state index in [1.54, 1.807) is 37.5 Å².